The van der Waals surface area contributed by atoms with E-state index in [1.165, 1.54) is 32.3 Å². The molecule has 0 unspecified atom stereocenters. The van der Waals surface area contributed by atoms with Crippen molar-refractivity contribution >= 4 is 33.9 Å². The highest BCUT2D eigenvalue weighted by Crippen LogP contribution is 2.30. The van der Waals surface area contributed by atoms with Gasteiger partial charge in [-0.2, -0.15) is 0 Å². The van der Waals surface area contributed by atoms with Gasteiger partial charge in [-0.15, -0.1) is 0 Å². The Morgan fingerprint density at radius 1 is 0.889 bits per heavy atom. The fourth-order valence-corrected chi connectivity index (χ4v) is 3.00. The molecule has 1 aliphatic carbocycles. The average Bonchev–Trinajstić information content (AvgIpc) is 2.44. The van der Waals surface area contributed by atoms with E-state index in [-0.39, 0.29) is 0 Å². The standard InChI is InChI=1S/C17H11O/c18-10-11-8-14-6-4-12-2-1-3-13-5-7-15(9-11)17(14)16(12)13/h1-8,10H,9H2. The smallest absolute Gasteiger partial charge is 0.131 e. The molecule has 0 aromatic heterocycles. The van der Waals surface area contributed by atoms with Crippen molar-refractivity contribution in [2.75, 3.05) is 0 Å². The lowest BCUT2D eigenvalue weighted by molar-refractivity contribution is -0.105. The lowest BCUT2D eigenvalue weighted by Crippen LogP contribution is -2.16. The zero-order valence-corrected chi connectivity index (χ0v) is 9.81. The molecular formula is C17H11O. The van der Waals surface area contributed by atoms with Crippen LogP contribution in [0.1, 0.15) is 5.56 Å². The van der Waals surface area contributed by atoms with E-state index in [1.807, 2.05) is 6.08 Å². The highest BCUT2D eigenvalue weighted by atomic mass is 16.1. The zero-order valence-electron chi connectivity index (χ0n) is 9.81. The molecule has 0 bridgehead atoms. The Balaban J connectivity index is 2.29. The van der Waals surface area contributed by atoms with Crippen molar-refractivity contribution in [3.63, 3.8) is 0 Å². The van der Waals surface area contributed by atoms with Crippen LogP contribution in [0.4, 0.5) is 0 Å². The second-order valence-corrected chi connectivity index (χ2v) is 4.85. The van der Waals surface area contributed by atoms with E-state index in [9.17, 15) is 4.79 Å². The molecule has 18 heavy (non-hydrogen) atoms. The monoisotopic (exact) mass is 231 g/mol. The van der Waals surface area contributed by atoms with Crippen LogP contribution >= 0.6 is 0 Å². The summed E-state index contributed by atoms with van der Waals surface area (Å²) in [4.78, 5) is 11.0. The molecule has 3 aromatic carbocycles. The van der Waals surface area contributed by atoms with Crippen molar-refractivity contribution in [1.29, 1.82) is 0 Å². The van der Waals surface area contributed by atoms with Crippen molar-refractivity contribution < 1.29 is 4.79 Å². The van der Waals surface area contributed by atoms with Crippen molar-refractivity contribution in [1.82, 2.24) is 0 Å². The molecule has 0 fully saturated rings. The zero-order chi connectivity index (χ0) is 12.1. The van der Waals surface area contributed by atoms with Gasteiger partial charge in [0.05, 0.1) is 5.92 Å². The molecule has 1 nitrogen and oxygen atoms in total. The molecule has 0 saturated carbocycles. The van der Waals surface area contributed by atoms with Gasteiger partial charge >= 0.3 is 0 Å². The van der Waals surface area contributed by atoms with Gasteiger partial charge in [-0.05, 0) is 38.7 Å². The summed E-state index contributed by atoms with van der Waals surface area (Å²) in [6.45, 7) is 0. The molecule has 0 saturated heterocycles. The van der Waals surface area contributed by atoms with Crippen molar-refractivity contribution in [3.05, 3.63) is 59.2 Å². The Morgan fingerprint density at radius 2 is 1.67 bits per heavy atom. The Labute approximate surface area is 105 Å². The number of carbonyl (C=O) groups excluding carboxylic acids is 1. The molecular weight excluding hydrogens is 220 g/mol. The first-order valence-corrected chi connectivity index (χ1v) is 6.12. The molecule has 1 aliphatic rings. The van der Waals surface area contributed by atoms with Gasteiger partial charge in [0.2, 0.25) is 0 Å². The predicted octanol–water partition coefficient (Wildman–Crippen LogP) is 2.82. The van der Waals surface area contributed by atoms with Crippen LogP contribution in [0.5, 0.6) is 0 Å². The summed E-state index contributed by atoms with van der Waals surface area (Å²) in [5.41, 5.74) is 1.26. The number of aldehydes is 1. The second kappa shape index (κ2) is 3.42. The number of carbonyl (C=O) groups is 1. The first-order chi connectivity index (χ1) is 8.86. The van der Waals surface area contributed by atoms with Gasteiger partial charge in [-0.25, -0.2) is 0 Å². The summed E-state index contributed by atoms with van der Waals surface area (Å²) in [6, 6.07) is 14.9. The van der Waals surface area contributed by atoms with E-state index in [2.05, 4.69) is 42.5 Å². The summed E-state index contributed by atoms with van der Waals surface area (Å²) in [6.07, 6.45) is 3.73. The number of rotatable bonds is 1. The van der Waals surface area contributed by atoms with Crippen LogP contribution in [0, 0.1) is 5.92 Å². The second-order valence-electron chi connectivity index (χ2n) is 4.85. The van der Waals surface area contributed by atoms with E-state index in [0.717, 1.165) is 18.6 Å². The maximum atomic E-state index is 11.0. The first kappa shape index (κ1) is 9.84. The SMILES string of the molecule is O=C[C]1C=c2ccc3cccc4ccc(c2c43)C1. The minimum atomic E-state index is 0.750. The molecule has 0 aliphatic heterocycles. The first-order valence-electron chi connectivity index (χ1n) is 6.12. The fraction of sp³-hybridized carbons (Fsp3) is 0.0588. The molecule has 1 radical (unpaired) electrons. The third-order valence-corrected chi connectivity index (χ3v) is 3.78. The van der Waals surface area contributed by atoms with Crippen LogP contribution in [0.15, 0.2) is 42.5 Å². The normalized spacial score (nSPS) is 14.9. The Kier molecular flexibility index (Phi) is 1.87. The highest BCUT2D eigenvalue weighted by molar-refractivity contribution is 6.12. The van der Waals surface area contributed by atoms with Crippen LogP contribution in [0.3, 0.4) is 0 Å². The molecule has 4 rings (SSSR count). The molecule has 0 heterocycles. The molecule has 0 spiro atoms. The van der Waals surface area contributed by atoms with Crippen molar-refractivity contribution in [3.8, 4) is 0 Å². The van der Waals surface area contributed by atoms with Gasteiger partial charge in [0.1, 0.15) is 6.29 Å². The Morgan fingerprint density at radius 3 is 2.44 bits per heavy atom. The van der Waals surface area contributed by atoms with Gasteiger partial charge in [0.25, 0.3) is 0 Å². The Hall–Kier alpha value is -2.15. The van der Waals surface area contributed by atoms with E-state index in [1.54, 1.807) is 0 Å². The largest absolute Gasteiger partial charge is 0.302 e. The third-order valence-electron chi connectivity index (χ3n) is 3.78. The molecule has 1 heteroatoms. The van der Waals surface area contributed by atoms with Gasteiger partial charge in [-0.3, -0.25) is 0 Å². The van der Waals surface area contributed by atoms with E-state index in [0.29, 0.717) is 0 Å². The summed E-state index contributed by atoms with van der Waals surface area (Å²) < 4.78 is 0. The molecule has 0 atom stereocenters. The molecule has 3 aromatic rings. The van der Waals surface area contributed by atoms with Crippen LogP contribution in [0.2, 0.25) is 0 Å². The number of benzene rings is 3. The fourth-order valence-electron chi connectivity index (χ4n) is 3.00. The third kappa shape index (κ3) is 1.19. The summed E-state index contributed by atoms with van der Waals surface area (Å²) in [7, 11) is 0. The minimum absolute atomic E-state index is 0.750. The lowest BCUT2D eigenvalue weighted by Gasteiger charge is -2.17. The van der Waals surface area contributed by atoms with Crippen LogP contribution in [0.25, 0.3) is 27.6 Å². The van der Waals surface area contributed by atoms with Crippen molar-refractivity contribution in [2.45, 2.75) is 6.42 Å². The van der Waals surface area contributed by atoms with E-state index in [4.69, 9.17) is 0 Å². The van der Waals surface area contributed by atoms with Gasteiger partial charge in [-0.1, -0.05) is 48.5 Å². The number of hydrogen-bond donors (Lipinski definition) is 0. The molecule has 0 N–H and O–H groups in total. The topological polar surface area (TPSA) is 17.1 Å². The summed E-state index contributed by atoms with van der Waals surface area (Å²) >= 11 is 0. The maximum Gasteiger partial charge on any atom is 0.131 e. The quantitative estimate of drug-likeness (QED) is 0.588. The summed E-state index contributed by atoms with van der Waals surface area (Å²) in [5.74, 6) is 0.862. The van der Waals surface area contributed by atoms with Gasteiger partial charge in [0, 0.05) is 0 Å². The molecule has 0 amide bonds. The summed E-state index contributed by atoms with van der Waals surface area (Å²) in [5, 5.41) is 6.36. The minimum Gasteiger partial charge on any atom is -0.302 e. The lowest BCUT2D eigenvalue weighted by atomic mass is 9.86. The Bertz CT molecular complexity index is 814. The van der Waals surface area contributed by atoms with Gasteiger partial charge < -0.3 is 4.79 Å². The molecule has 85 valence electrons. The van der Waals surface area contributed by atoms with Crippen LogP contribution < -0.4 is 5.22 Å². The van der Waals surface area contributed by atoms with E-state index < -0.39 is 0 Å². The number of hydrogen-bond acceptors (Lipinski definition) is 1. The van der Waals surface area contributed by atoms with Crippen LogP contribution in [-0.2, 0) is 11.2 Å². The highest BCUT2D eigenvalue weighted by Gasteiger charge is 2.16. The van der Waals surface area contributed by atoms with E-state index >= 15 is 0 Å². The van der Waals surface area contributed by atoms with Crippen LogP contribution in [-0.4, -0.2) is 6.29 Å². The average molecular weight is 231 g/mol. The van der Waals surface area contributed by atoms with Crippen molar-refractivity contribution in [2.24, 2.45) is 0 Å². The predicted molar refractivity (Wildman–Crippen MR) is 74.1 cm³/mol. The van der Waals surface area contributed by atoms with Gasteiger partial charge in [0.15, 0.2) is 0 Å². The maximum absolute atomic E-state index is 11.0.